The highest BCUT2D eigenvalue weighted by atomic mass is 16.5. The molecule has 1 saturated carbocycles. The van der Waals surface area contributed by atoms with Gasteiger partial charge in [0.2, 0.25) is 5.95 Å². The van der Waals surface area contributed by atoms with E-state index in [1.165, 1.54) is 0 Å². The largest absolute Gasteiger partial charge is 0.426 e. The molecule has 110 valence electrons. The van der Waals surface area contributed by atoms with E-state index in [4.69, 9.17) is 16.2 Å². The highest BCUT2D eigenvalue weighted by Gasteiger charge is 2.31. The van der Waals surface area contributed by atoms with Crippen LogP contribution in [0.15, 0.2) is 24.3 Å². The van der Waals surface area contributed by atoms with Gasteiger partial charge in [-0.1, -0.05) is 0 Å². The summed E-state index contributed by atoms with van der Waals surface area (Å²) in [4.78, 5) is 19.4. The van der Waals surface area contributed by atoms with Gasteiger partial charge in [0.25, 0.3) is 0 Å². The molecular weight excluding hydrogens is 282 g/mol. The summed E-state index contributed by atoms with van der Waals surface area (Å²) in [5.41, 5.74) is 12.4. The van der Waals surface area contributed by atoms with E-state index >= 15 is 0 Å². The van der Waals surface area contributed by atoms with Crippen molar-refractivity contribution in [2.45, 2.75) is 12.8 Å². The SMILES string of the molecule is N#Cc1c(N)nc(N)nc1-c1ccc(OC(=O)C2CC2)cc1. The average Bonchev–Trinajstić information content (AvgIpc) is 3.32. The maximum atomic E-state index is 11.6. The van der Waals surface area contributed by atoms with Crippen molar-refractivity contribution in [1.29, 1.82) is 5.26 Å². The molecule has 7 heteroatoms. The molecule has 1 aliphatic carbocycles. The minimum absolute atomic E-state index is 0.00395. The van der Waals surface area contributed by atoms with Crippen LogP contribution in [-0.4, -0.2) is 15.9 Å². The van der Waals surface area contributed by atoms with E-state index in [1.54, 1.807) is 24.3 Å². The molecule has 1 heterocycles. The smallest absolute Gasteiger partial charge is 0.314 e. The molecule has 0 aliphatic heterocycles. The topological polar surface area (TPSA) is 128 Å². The molecular formula is C15H13N5O2. The van der Waals surface area contributed by atoms with Gasteiger partial charge in [0, 0.05) is 5.56 Å². The van der Waals surface area contributed by atoms with Gasteiger partial charge in [-0.05, 0) is 37.1 Å². The van der Waals surface area contributed by atoms with E-state index in [1.807, 2.05) is 6.07 Å². The van der Waals surface area contributed by atoms with E-state index in [2.05, 4.69) is 9.97 Å². The number of nitrogens with zero attached hydrogens (tertiary/aromatic N) is 3. The first-order valence-corrected chi connectivity index (χ1v) is 6.73. The number of benzene rings is 1. The lowest BCUT2D eigenvalue weighted by Crippen LogP contribution is -2.09. The van der Waals surface area contributed by atoms with Crippen LogP contribution in [0.2, 0.25) is 0 Å². The van der Waals surface area contributed by atoms with Gasteiger partial charge in [-0.25, -0.2) is 4.98 Å². The summed E-state index contributed by atoms with van der Waals surface area (Å²) in [6, 6.07) is 8.64. The van der Waals surface area contributed by atoms with Crippen molar-refractivity contribution in [3.63, 3.8) is 0 Å². The van der Waals surface area contributed by atoms with Crippen LogP contribution in [0.25, 0.3) is 11.3 Å². The molecule has 1 aliphatic rings. The summed E-state index contributed by atoms with van der Waals surface area (Å²) in [5, 5.41) is 9.17. The first-order valence-electron chi connectivity index (χ1n) is 6.73. The molecule has 2 aromatic rings. The number of rotatable bonds is 3. The number of hydrogen-bond donors (Lipinski definition) is 2. The highest BCUT2D eigenvalue weighted by molar-refractivity contribution is 5.78. The molecule has 0 saturated heterocycles. The molecule has 0 amide bonds. The fourth-order valence-electron chi connectivity index (χ4n) is 2.01. The molecule has 0 unspecified atom stereocenters. The molecule has 1 aromatic carbocycles. The average molecular weight is 295 g/mol. The molecule has 1 fully saturated rings. The Bertz CT molecular complexity index is 776. The molecule has 1 aromatic heterocycles. The third-order valence-electron chi connectivity index (χ3n) is 3.32. The van der Waals surface area contributed by atoms with Crippen LogP contribution in [-0.2, 0) is 4.79 Å². The van der Waals surface area contributed by atoms with Gasteiger partial charge >= 0.3 is 5.97 Å². The Morgan fingerprint density at radius 3 is 2.50 bits per heavy atom. The van der Waals surface area contributed by atoms with E-state index in [-0.39, 0.29) is 29.2 Å². The minimum Gasteiger partial charge on any atom is -0.426 e. The zero-order valence-electron chi connectivity index (χ0n) is 11.6. The lowest BCUT2D eigenvalue weighted by Gasteiger charge is -2.08. The van der Waals surface area contributed by atoms with Crippen LogP contribution in [0.3, 0.4) is 0 Å². The van der Waals surface area contributed by atoms with Crippen LogP contribution >= 0.6 is 0 Å². The maximum absolute atomic E-state index is 11.6. The van der Waals surface area contributed by atoms with E-state index in [0.717, 1.165) is 12.8 Å². The van der Waals surface area contributed by atoms with E-state index in [9.17, 15) is 10.1 Å². The second-order valence-corrected chi connectivity index (χ2v) is 5.02. The van der Waals surface area contributed by atoms with Gasteiger partial charge in [0.05, 0.1) is 11.6 Å². The summed E-state index contributed by atoms with van der Waals surface area (Å²) < 4.78 is 5.25. The molecule has 7 nitrogen and oxygen atoms in total. The van der Waals surface area contributed by atoms with Crippen LogP contribution in [0.4, 0.5) is 11.8 Å². The summed E-state index contributed by atoms with van der Waals surface area (Å²) in [7, 11) is 0. The van der Waals surface area contributed by atoms with Crippen molar-refractivity contribution in [1.82, 2.24) is 9.97 Å². The van der Waals surface area contributed by atoms with Crippen molar-refractivity contribution < 1.29 is 9.53 Å². The first kappa shape index (κ1) is 13.8. The quantitative estimate of drug-likeness (QED) is 0.648. The van der Waals surface area contributed by atoms with Gasteiger partial charge in [-0.3, -0.25) is 4.79 Å². The third kappa shape index (κ3) is 2.67. The molecule has 0 atom stereocenters. The van der Waals surface area contributed by atoms with Gasteiger partial charge in [-0.15, -0.1) is 0 Å². The lowest BCUT2D eigenvalue weighted by atomic mass is 10.1. The van der Waals surface area contributed by atoms with Crippen LogP contribution in [0, 0.1) is 17.2 Å². The number of hydrogen-bond acceptors (Lipinski definition) is 7. The second-order valence-electron chi connectivity index (χ2n) is 5.02. The van der Waals surface area contributed by atoms with Gasteiger partial charge < -0.3 is 16.2 Å². The number of nitrogen functional groups attached to an aromatic ring is 2. The third-order valence-corrected chi connectivity index (χ3v) is 3.32. The molecule has 0 bridgehead atoms. The van der Waals surface area contributed by atoms with Crippen LogP contribution in [0.1, 0.15) is 18.4 Å². The number of nitriles is 1. The zero-order chi connectivity index (χ0) is 15.7. The molecule has 0 radical (unpaired) electrons. The summed E-state index contributed by atoms with van der Waals surface area (Å²) in [5.74, 6) is 0.312. The van der Waals surface area contributed by atoms with E-state index < -0.39 is 0 Å². The fourth-order valence-corrected chi connectivity index (χ4v) is 2.01. The summed E-state index contributed by atoms with van der Waals surface area (Å²) in [6.45, 7) is 0. The summed E-state index contributed by atoms with van der Waals surface area (Å²) in [6.07, 6.45) is 1.78. The number of carbonyl (C=O) groups is 1. The Hall–Kier alpha value is -3.14. The fraction of sp³-hybridized carbons (Fsp3) is 0.200. The summed E-state index contributed by atoms with van der Waals surface area (Å²) >= 11 is 0. The van der Waals surface area contributed by atoms with Crippen LogP contribution in [0.5, 0.6) is 5.75 Å². The van der Waals surface area contributed by atoms with Crippen molar-refractivity contribution in [3.8, 4) is 23.1 Å². The Balaban J connectivity index is 1.90. The van der Waals surface area contributed by atoms with Crippen LogP contribution < -0.4 is 16.2 Å². The number of nitrogens with two attached hydrogens (primary N) is 2. The number of esters is 1. The number of anilines is 2. The Labute approximate surface area is 126 Å². The Morgan fingerprint density at radius 1 is 1.23 bits per heavy atom. The van der Waals surface area contributed by atoms with Gasteiger partial charge in [0.15, 0.2) is 0 Å². The maximum Gasteiger partial charge on any atom is 0.314 e. The zero-order valence-corrected chi connectivity index (χ0v) is 11.6. The molecule has 22 heavy (non-hydrogen) atoms. The Morgan fingerprint density at radius 2 is 1.91 bits per heavy atom. The Kier molecular flexibility index (Phi) is 3.35. The first-order chi connectivity index (χ1) is 10.6. The number of aromatic nitrogens is 2. The predicted octanol–water partition coefficient (Wildman–Crippen LogP) is 1.50. The molecule has 3 rings (SSSR count). The standard InChI is InChI=1S/C15H13N5O2/c16-7-11-12(19-15(18)20-13(11)17)8-3-5-10(6-4-8)22-14(21)9-1-2-9/h3-6,9H,1-2H2,(H4,17,18,19,20). The van der Waals surface area contributed by atoms with Crippen molar-refractivity contribution in [2.24, 2.45) is 5.92 Å². The monoisotopic (exact) mass is 295 g/mol. The number of carbonyl (C=O) groups excluding carboxylic acids is 1. The van der Waals surface area contributed by atoms with Crippen molar-refractivity contribution >= 4 is 17.7 Å². The lowest BCUT2D eigenvalue weighted by molar-refractivity contribution is -0.135. The normalized spacial score (nSPS) is 13.4. The number of ether oxygens (including phenoxy) is 1. The van der Waals surface area contributed by atoms with Crippen molar-refractivity contribution in [3.05, 3.63) is 29.8 Å². The minimum atomic E-state index is -0.207. The van der Waals surface area contributed by atoms with Crippen molar-refractivity contribution in [2.75, 3.05) is 11.5 Å². The van der Waals surface area contributed by atoms with Gasteiger partial charge in [-0.2, -0.15) is 10.2 Å². The van der Waals surface area contributed by atoms with Gasteiger partial charge in [0.1, 0.15) is 23.2 Å². The highest BCUT2D eigenvalue weighted by Crippen LogP contribution is 2.31. The molecule has 4 N–H and O–H groups in total. The molecule has 0 spiro atoms. The van der Waals surface area contributed by atoms with E-state index in [0.29, 0.717) is 17.0 Å². The second kappa shape index (κ2) is 5.33. The predicted molar refractivity (Wildman–Crippen MR) is 79.4 cm³/mol.